The molecule has 0 aliphatic carbocycles. The van der Waals surface area contributed by atoms with Crippen LogP contribution in [0.2, 0.25) is 5.02 Å². The average molecular weight is 380 g/mol. The molecule has 0 unspecified atom stereocenters. The van der Waals surface area contributed by atoms with Crippen LogP contribution in [0.5, 0.6) is 0 Å². The maximum absolute atomic E-state index is 13.6. The number of nitrogens with one attached hydrogen (secondary N) is 2. The van der Waals surface area contributed by atoms with E-state index in [-0.39, 0.29) is 5.56 Å². The van der Waals surface area contributed by atoms with Crippen LogP contribution in [0.3, 0.4) is 0 Å². The van der Waals surface area contributed by atoms with Crippen molar-refractivity contribution in [3.8, 4) is 0 Å². The fourth-order valence-electron chi connectivity index (χ4n) is 2.52. The van der Waals surface area contributed by atoms with Crippen molar-refractivity contribution >= 4 is 23.5 Å². The maximum Gasteiger partial charge on any atom is 0.254 e. The highest BCUT2D eigenvalue weighted by atomic mass is 35.5. The van der Waals surface area contributed by atoms with Gasteiger partial charge in [-0.2, -0.15) is 0 Å². The SMILES string of the molecule is CN=C(NCCNC(=O)c1ccccc1F)N(C)Cc1cc(Cl)cn1C. The van der Waals surface area contributed by atoms with E-state index in [4.69, 9.17) is 11.6 Å². The summed E-state index contributed by atoms with van der Waals surface area (Å²) in [6.07, 6.45) is 1.85. The molecule has 2 rings (SSSR count). The van der Waals surface area contributed by atoms with Crippen LogP contribution in [0.4, 0.5) is 4.39 Å². The summed E-state index contributed by atoms with van der Waals surface area (Å²) in [4.78, 5) is 18.1. The van der Waals surface area contributed by atoms with E-state index in [1.54, 1.807) is 19.2 Å². The zero-order valence-corrected chi connectivity index (χ0v) is 15.8. The Balaban J connectivity index is 1.81. The molecular formula is C18H23ClFN5O. The summed E-state index contributed by atoms with van der Waals surface area (Å²) in [5.74, 6) is -0.288. The molecule has 1 aromatic carbocycles. The van der Waals surface area contributed by atoms with E-state index in [2.05, 4.69) is 15.6 Å². The fraction of sp³-hybridized carbons (Fsp3) is 0.333. The van der Waals surface area contributed by atoms with Crippen molar-refractivity contribution in [3.05, 3.63) is 58.6 Å². The zero-order valence-electron chi connectivity index (χ0n) is 15.1. The molecule has 0 aliphatic heterocycles. The molecule has 0 radical (unpaired) electrons. The van der Waals surface area contributed by atoms with Crippen molar-refractivity contribution in [1.29, 1.82) is 0 Å². The van der Waals surface area contributed by atoms with Gasteiger partial charge >= 0.3 is 0 Å². The van der Waals surface area contributed by atoms with Gasteiger partial charge < -0.3 is 20.1 Å². The van der Waals surface area contributed by atoms with E-state index in [9.17, 15) is 9.18 Å². The number of hydrogen-bond acceptors (Lipinski definition) is 2. The molecule has 0 spiro atoms. The number of aryl methyl sites for hydroxylation is 1. The predicted octanol–water partition coefficient (Wildman–Crippen LogP) is 2.25. The van der Waals surface area contributed by atoms with Gasteiger partial charge in [-0.3, -0.25) is 9.79 Å². The van der Waals surface area contributed by atoms with Gasteiger partial charge in [0.25, 0.3) is 5.91 Å². The molecule has 0 fully saturated rings. The van der Waals surface area contributed by atoms with E-state index in [1.165, 1.54) is 12.1 Å². The Hall–Kier alpha value is -2.54. The van der Waals surface area contributed by atoms with Gasteiger partial charge in [0, 0.05) is 46.1 Å². The first kappa shape index (κ1) is 19.8. The molecular weight excluding hydrogens is 357 g/mol. The van der Waals surface area contributed by atoms with Crippen molar-refractivity contribution in [3.63, 3.8) is 0 Å². The van der Waals surface area contributed by atoms with Crippen LogP contribution in [-0.4, -0.2) is 48.5 Å². The predicted molar refractivity (Wildman–Crippen MR) is 102 cm³/mol. The smallest absolute Gasteiger partial charge is 0.254 e. The van der Waals surface area contributed by atoms with Gasteiger partial charge in [-0.05, 0) is 18.2 Å². The number of aliphatic imine (C=N–C) groups is 1. The summed E-state index contributed by atoms with van der Waals surface area (Å²) < 4.78 is 15.5. The Morgan fingerprint density at radius 1 is 1.31 bits per heavy atom. The van der Waals surface area contributed by atoms with Crippen molar-refractivity contribution < 1.29 is 9.18 Å². The molecule has 0 aliphatic rings. The fourth-order valence-corrected chi connectivity index (χ4v) is 2.79. The van der Waals surface area contributed by atoms with Crippen LogP contribution in [0, 0.1) is 5.82 Å². The van der Waals surface area contributed by atoms with Crippen LogP contribution in [-0.2, 0) is 13.6 Å². The Labute approximate surface area is 157 Å². The molecule has 1 aromatic heterocycles. The third-order valence-electron chi connectivity index (χ3n) is 3.86. The number of aromatic nitrogens is 1. The first-order valence-electron chi connectivity index (χ1n) is 8.17. The molecule has 0 saturated carbocycles. The third kappa shape index (κ3) is 5.23. The lowest BCUT2D eigenvalue weighted by atomic mass is 10.2. The number of halogens is 2. The quantitative estimate of drug-likeness (QED) is 0.460. The number of carbonyl (C=O) groups is 1. The van der Waals surface area contributed by atoms with Crippen LogP contribution in [0.1, 0.15) is 16.1 Å². The standard InChI is InChI=1S/C18H23ClFN5O/c1-21-18(25(3)12-14-10-13(19)11-24(14)2)23-9-8-22-17(26)15-6-4-5-7-16(15)20/h4-7,10-11H,8-9,12H2,1-3H3,(H,21,23)(H,22,26). The minimum absolute atomic E-state index is 0.0367. The van der Waals surface area contributed by atoms with Gasteiger partial charge in [0.2, 0.25) is 0 Å². The van der Waals surface area contributed by atoms with Crippen LogP contribution in [0.15, 0.2) is 41.5 Å². The van der Waals surface area contributed by atoms with Gasteiger partial charge in [0.1, 0.15) is 5.82 Å². The first-order valence-corrected chi connectivity index (χ1v) is 8.55. The Bertz CT molecular complexity index is 790. The van der Waals surface area contributed by atoms with Crippen LogP contribution < -0.4 is 10.6 Å². The van der Waals surface area contributed by atoms with E-state index in [1.807, 2.05) is 35.8 Å². The highest BCUT2D eigenvalue weighted by Crippen LogP contribution is 2.14. The lowest BCUT2D eigenvalue weighted by Gasteiger charge is -2.22. The average Bonchev–Trinajstić information content (AvgIpc) is 2.92. The normalized spacial score (nSPS) is 11.3. The molecule has 1 amide bonds. The van der Waals surface area contributed by atoms with Crippen molar-refractivity contribution in [1.82, 2.24) is 20.1 Å². The van der Waals surface area contributed by atoms with Gasteiger partial charge in [0.15, 0.2) is 5.96 Å². The number of amides is 1. The van der Waals surface area contributed by atoms with E-state index >= 15 is 0 Å². The summed E-state index contributed by atoms with van der Waals surface area (Å²) in [6.45, 7) is 1.44. The topological polar surface area (TPSA) is 61.7 Å². The Kier molecular flexibility index (Phi) is 7.03. The number of guanidine groups is 1. The zero-order chi connectivity index (χ0) is 19.1. The lowest BCUT2D eigenvalue weighted by Crippen LogP contribution is -2.42. The summed E-state index contributed by atoms with van der Waals surface area (Å²) in [6, 6.07) is 7.80. The van der Waals surface area contributed by atoms with Crippen LogP contribution in [0.25, 0.3) is 0 Å². The second-order valence-corrected chi connectivity index (χ2v) is 6.26. The monoisotopic (exact) mass is 379 g/mol. The third-order valence-corrected chi connectivity index (χ3v) is 4.07. The summed E-state index contributed by atoms with van der Waals surface area (Å²) in [5, 5.41) is 6.54. The molecule has 2 aromatic rings. The highest BCUT2D eigenvalue weighted by Gasteiger charge is 2.11. The first-order chi connectivity index (χ1) is 12.4. The number of hydrogen-bond donors (Lipinski definition) is 2. The van der Waals surface area contributed by atoms with E-state index in [0.29, 0.717) is 30.6 Å². The molecule has 2 N–H and O–H groups in total. The van der Waals surface area contributed by atoms with Gasteiger partial charge in [-0.1, -0.05) is 23.7 Å². The number of nitrogens with zero attached hydrogens (tertiary/aromatic N) is 3. The summed E-state index contributed by atoms with van der Waals surface area (Å²) in [5.41, 5.74) is 1.09. The Morgan fingerprint density at radius 2 is 2.00 bits per heavy atom. The number of benzene rings is 1. The maximum atomic E-state index is 13.6. The lowest BCUT2D eigenvalue weighted by molar-refractivity contribution is 0.0950. The molecule has 6 nitrogen and oxygen atoms in total. The molecule has 26 heavy (non-hydrogen) atoms. The molecule has 0 saturated heterocycles. The van der Waals surface area contributed by atoms with Crippen molar-refractivity contribution in [2.24, 2.45) is 12.0 Å². The van der Waals surface area contributed by atoms with Gasteiger partial charge in [0.05, 0.1) is 17.1 Å². The number of rotatable bonds is 6. The second-order valence-electron chi connectivity index (χ2n) is 5.83. The second kappa shape index (κ2) is 9.24. The van der Waals surface area contributed by atoms with Crippen molar-refractivity contribution in [2.45, 2.75) is 6.54 Å². The largest absolute Gasteiger partial charge is 0.354 e. The van der Waals surface area contributed by atoms with Crippen molar-refractivity contribution in [2.75, 3.05) is 27.2 Å². The van der Waals surface area contributed by atoms with Gasteiger partial charge in [-0.15, -0.1) is 0 Å². The van der Waals surface area contributed by atoms with Crippen LogP contribution >= 0.6 is 11.6 Å². The number of carbonyl (C=O) groups excluding carboxylic acids is 1. The van der Waals surface area contributed by atoms with E-state index in [0.717, 1.165) is 5.69 Å². The molecule has 0 bridgehead atoms. The highest BCUT2D eigenvalue weighted by molar-refractivity contribution is 6.30. The molecule has 8 heteroatoms. The minimum Gasteiger partial charge on any atom is -0.354 e. The molecule has 140 valence electrons. The van der Waals surface area contributed by atoms with Gasteiger partial charge in [-0.25, -0.2) is 4.39 Å². The molecule has 0 atom stereocenters. The van der Waals surface area contributed by atoms with E-state index < -0.39 is 11.7 Å². The summed E-state index contributed by atoms with van der Waals surface area (Å²) >= 11 is 6.00. The minimum atomic E-state index is -0.533. The summed E-state index contributed by atoms with van der Waals surface area (Å²) in [7, 11) is 5.53. The Morgan fingerprint density at radius 3 is 2.62 bits per heavy atom. The molecule has 1 heterocycles.